The van der Waals surface area contributed by atoms with Crippen LogP contribution in [0.25, 0.3) is 17.2 Å². The standard InChI is InChI=1S/C22H16O/c23-22(13-10-16-6-2-1-3-7-16)18-11-12-21-19(15-18)14-17-8-4-5-9-20(17)21/h1-13,15H,14H2/b13-10+. The molecule has 0 spiro atoms. The number of hydrogen-bond donors (Lipinski definition) is 0. The highest BCUT2D eigenvalue weighted by atomic mass is 16.1. The third kappa shape index (κ3) is 2.62. The van der Waals surface area contributed by atoms with Gasteiger partial charge in [-0.1, -0.05) is 72.8 Å². The number of carbonyl (C=O) groups excluding carboxylic acids is 1. The molecule has 0 saturated heterocycles. The van der Waals surface area contributed by atoms with E-state index in [0.29, 0.717) is 0 Å². The fraction of sp³-hybridized carbons (Fsp3) is 0.0455. The normalized spacial score (nSPS) is 12.2. The van der Waals surface area contributed by atoms with Crippen molar-refractivity contribution >= 4 is 11.9 Å². The second-order valence-corrected chi connectivity index (χ2v) is 5.81. The van der Waals surface area contributed by atoms with Gasteiger partial charge in [-0.3, -0.25) is 4.79 Å². The summed E-state index contributed by atoms with van der Waals surface area (Å²) in [6, 6.07) is 24.4. The summed E-state index contributed by atoms with van der Waals surface area (Å²) < 4.78 is 0. The molecule has 1 aliphatic rings. The van der Waals surface area contributed by atoms with Gasteiger partial charge in [0, 0.05) is 5.56 Å². The molecule has 110 valence electrons. The van der Waals surface area contributed by atoms with Gasteiger partial charge >= 0.3 is 0 Å². The summed E-state index contributed by atoms with van der Waals surface area (Å²) in [6.45, 7) is 0. The van der Waals surface area contributed by atoms with Crippen molar-refractivity contribution in [2.24, 2.45) is 0 Å². The largest absolute Gasteiger partial charge is 0.289 e. The lowest BCUT2D eigenvalue weighted by atomic mass is 10.0. The summed E-state index contributed by atoms with van der Waals surface area (Å²) in [5.74, 6) is 0.0487. The Bertz CT molecular complexity index is 904. The van der Waals surface area contributed by atoms with Crippen molar-refractivity contribution in [1.82, 2.24) is 0 Å². The number of benzene rings is 3. The maximum Gasteiger partial charge on any atom is 0.185 e. The molecule has 0 saturated carbocycles. The van der Waals surface area contributed by atoms with Gasteiger partial charge in [0.05, 0.1) is 0 Å². The Kier molecular flexibility index (Phi) is 3.39. The average molecular weight is 296 g/mol. The maximum atomic E-state index is 12.4. The number of fused-ring (bicyclic) bond motifs is 3. The predicted molar refractivity (Wildman–Crippen MR) is 94.5 cm³/mol. The predicted octanol–water partition coefficient (Wildman–Crippen LogP) is 5.15. The molecule has 0 N–H and O–H groups in total. The van der Waals surface area contributed by atoms with E-state index in [9.17, 15) is 4.79 Å². The van der Waals surface area contributed by atoms with Gasteiger partial charge in [-0.05, 0) is 46.4 Å². The Morgan fingerprint density at radius 1 is 0.783 bits per heavy atom. The van der Waals surface area contributed by atoms with E-state index in [2.05, 4.69) is 30.3 Å². The zero-order valence-corrected chi connectivity index (χ0v) is 12.7. The van der Waals surface area contributed by atoms with Crippen LogP contribution in [0.2, 0.25) is 0 Å². The minimum atomic E-state index is 0.0487. The van der Waals surface area contributed by atoms with E-state index in [4.69, 9.17) is 0 Å². The highest BCUT2D eigenvalue weighted by Crippen LogP contribution is 2.36. The Morgan fingerprint density at radius 3 is 2.39 bits per heavy atom. The molecule has 0 bridgehead atoms. The van der Waals surface area contributed by atoms with E-state index in [1.165, 1.54) is 22.3 Å². The van der Waals surface area contributed by atoms with Crippen LogP contribution in [-0.4, -0.2) is 5.78 Å². The van der Waals surface area contributed by atoms with Crippen LogP contribution in [0.5, 0.6) is 0 Å². The zero-order valence-electron chi connectivity index (χ0n) is 12.7. The third-order valence-corrected chi connectivity index (χ3v) is 4.30. The summed E-state index contributed by atoms with van der Waals surface area (Å²) in [7, 11) is 0. The van der Waals surface area contributed by atoms with E-state index in [1.54, 1.807) is 6.08 Å². The zero-order chi connectivity index (χ0) is 15.6. The van der Waals surface area contributed by atoms with Crippen LogP contribution >= 0.6 is 0 Å². The first-order valence-corrected chi connectivity index (χ1v) is 7.80. The molecule has 0 atom stereocenters. The number of hydrogen-bond acceptors (Lipinski definition) is 1. The number of rotatable bonds is 3. The van der Waals surface area contributed by atoms with Crippen molar-refractivity contribution in [2.75, 3.05) is 0 Å². The molecule has 1 heteroatoms. The molecule has 0 radical (unpaired) electrons. The van der Waals surface area contributed by atoms with Crippen LogP contribution in [0.15, 0.2) is 78.9 Å². The summed E-state index contributed by atoms with van der Waals surface area (Å²) in [6.07, 6.45) is 4.43. The van der Waals surface area contributed by atoms with Gasteiger partial charge in [0.25, 0.3) is 0 Å². The molecule has 4 rings (SSSR count). The van der Waals surface area contributed by atoms with Gasteiger partial charge in [-0.2, -0.15) is 0 Å². The van der Waals surface area contributed by atoms with Crippen LogP contribution in [0.1, 0.15) is 27.0 Å². The van der Waals surface area contributed by atoms with Crippen molar-refractivity contribution in [2.45, 2.75) is 6.42 Å². The summed E-state index contributed by atoms with van der Waals surface area (Å²) in [5.41, 5.74) is 6.92. The number of allylic oxidation sites excluding steroid dienone is 1. The molecule has 0 aromatic heterocycles. The van der Waals surface area contributed by atoms with E-state index < -0.39 is 0 Å². The first-order chi connectivity index (χ1) is 11.3. The van der Waals surface area contributed by atoms with Gasteiger partial charge in [0.1, 0.15) is 0 Å². The molecular formula is C22H16O. The summed E-state index contributed by atoms with van der Waals surface area (Å²) >= 11 is 0. The molecule has 3 aromatic carbocycles. The molecule has 0 aliphatic heterocycles. The van der Waals surface area contributed by atoms with Crippen LogP contribution in [0.3, 0.4) is 0 Å². The lowest BCUT2D eigenvalue weighted by Gasteiger charge is -2.03. The molecule has 1 aliphatic carbocycles. The molecule has 0 fully saturated rings. The van der Waals surface area contributed by atoms with Crippen molar-refractivity contribution < 1.29 is 4.79 Å². The van der Waals surface area contributed by atoms with E-state index in [0.717, 1.165) is 17.5 Å². The molecule has 1 nitrogen and oxygen atoms in total. The monoisotopic (exact) mass is 296 g/mol. The second kappa shape index (κ2) is 5.69. The highest BCUT2D eigenvalue weighted by molar-refractivity contribution is 6.07. The first kappa shape index (κ1) is 13.7. The molecule has 3 aromatic rings. The molecule has 0 amide bonds. The van der Waals surface area contributed by atoms with Crippen molar-refractivity contribution in [3.63, 3.8) is 0 Å². The first-order valence-electron chi connectivity index (χ1n) is 7.80. The Labute approximate surface area is 135 Å². The molecule has 0 unspecified atom stereocenters. The summed E-state index contributed by atoms with van der Waals surface area (Å²) in [4.78, 5) is 12.4. The van der Waals surface area contributed by atoms with E-state index >= 15 is 0 Å². The lowest BCUT2D eigenvalue weighted by molar-refractivity contribution is 0.104. The van der Waals surface area contributed by atoms with Crippen LogP contribution < -0.4 is 0 Å². The minimum Gasteiger partial charge on any atom is -0.289 e. The fourth-order valence-electron chi connectivity index (χ4n) is 3.13. The quantitative estimate of drug-likeness (QED) is 0.377. The van der Waals surface area contributed by atoms with Gasteiger partial charge < -0.3 is 0 Å². The van der Waals surface area contributed by atoms with Crippen molar-refractivity contribution in [1.29, 1.82) is 0 Å². The Balaban J connectivity index is 1.61. The van der Waals surface area contributed by atoms with E-state index in [1.807, 2.05) is 48.5 Å². The fourth-order valence-corrected chi connectivity index (χ4v) is 3.13. The lowest BCUT2D eigenvalue weighted by Crippen LogP contribution is -1.95. The smallest absolute Gasteiger partial charge is 0.185 e. The van der Waals surface area contributed by atoms with Gasteiger partial charge in [-0.25, -0.2) is 0 Å². The van der Waals surface area contributed by atoms with Crippen LogP contribution in [0.4, 0.5) is 0 Å². The SMILES string of the molecule is O=C(/C=C/c1ccccc1)c1ccc2c(c1)Cc1ccccc1-2. The summed E-state index contributed by atoms with van der Waals surface area (Å²) in [5, 5.41) is 0. The minimum absolute atomic E-state index is 0.0487. The average Bonchev–Trinajstić information content (AvgIpc) is 2.98. The molecular weight excluding hydrogens is 280 g/mol. The number of carbonyl (C=O) groups is 1. The third-order valence-electron chi connectivity index (χ3n) is 4.30. The highest BCUT2D eigenvalue weighted by Gasteiger charge is 2.18. The van der Waals surface area contributed by atoms with Gasteiger partial charge in [0.15, 0.2) is 5.78 Å². The number of ketones is 1. The second-order valence-electron chi connectivity index (χ2n) is 5.81. The van der Waals surface area contributed by atoms with Gasteiger partial charge in [-0.15, -0.1) is 0 Å². The Morgan fingerprint density at radius 2 is 1.52 bits per heavy atom. The Hall–Kier alpha value is -2.93. The maximum absolute atomic E-state index is 12.4. The van der Waals surface area contributed by atoms with Crippen LogP contribution in [0, 0.1) is 0 Å². The van der Waals surface area contributed by atoms with Gasteiger partial charge in [0.2, 0.25) is 0 Å². The van der Waals surface area contributed by atoms with Crippen molar-refractivity contribution in [3.05, 3.63) is 101 Å². The van der Waals surface area contributed by atoms with Crippen molar-refractivity contribution in [3.8, 4) is 11.1 Å². The molecule has 0 heterocycles. The topological polar surface area (TPSA) is 17.1 Å². The van der Waals surface area contributed by atoms with E-state index in [-0.39, 0.29) is 5.78 Å². The molecule has 23 heavy (non-hydrogen) atoms. The van der Waals surface area contributed by atoms with Crippen LogP contribution in [-0.2, 0) is 6.42 Å².